The van der Waals surface area contributed by atoms with Gasteiger partial charge in [-0.3, -0.25) is 4.79 Å². The molecule has 0 spiro atoms. The van der Waals surface area contributed by atoms with Crippen molar-refractivity contribution in [3.05, 3.63) is 63.6 Å². The molecule has 0 aliphatic carbocycles. The van der Waals surface area contributed by atoms with Gasteiger partial charge in [-0.25, -0.2) is 0 Å². The predicted octanol–water partition coefficient (Wildman–Crippen LogP) is 7.04. The Morgan fingerprint density at radius 1 is 1.10 bits per heavy atom. The van der Waals surface area contributed by atoms with Crippen molar-refractivity contribution in [3.63, 3.8) is 0 Å². The fourth-order valence-electron chi connectivity index (χ4n) is 2.97. The molecule has 30 heavy (non-hydrogen) atoms. The van der Waals surface area contributed by atoms with E-state index in [9.17, 15) is 10.1 Å². The second-order valence-electron chi connectivity index (χ2n) is 7.29. The number of carbonyl (C=O) groups is 1. The highest BCUT2D eigenvalue weighted by Gasteiger charge is 2.12. The first kappa shape index (κ1) is 23.7. The Morgan fingerprint density at radius 3 is 2.50 bits per heavy atom. The van der Waals surface area contributed by atoms with Gasteiger partial charge >= 0.3 is 0 Å². The van der Waals surface area contributed by atoms with Gasteiger partial charge in [-0.05, 0) is 49.8 Å². The number of anilines is 1. The number of nitrogens with zero attached hydrogens (tertiary/aromatic N) is 1. The summed E-state index contributed by atoms with van der Waals surface area (Å²) in [6.45, 7) is 4.81. The maximum Gasteiger partial charge on any atom is 0.266 e. The number of benzene rings is 2. The molecular formula is C25H29BrN2O2. The molecule has 0 radical (unpaired) electrons. The van der Waals surface area contributed by atoms with E-state index in [0.717, 1.165) is 22.9 Å². The first-order valence-corrected chi connectivity index (χ1v) is 11.2. The maximum atomic E-state index is 12.6. The summed E-state index contributed by atoms with van der Waals surface area (Å²) < 4.78 is 6.81. The number of rotatable bonds is 11. The molecular weight excluding hydrogens is 440 g/mol. The first-order valence-electron chi connectivity index (χ1n) is 10.5. The topological polar surface area (TPSA) is 62.1 Å². The summed E-state index contributed by atoms with van der Waals surface area (Å²) in [6.07, 6.45) is 8.72. The second-order valence-corrected chi connectivity index (χ2v) is 8.20. The maximum absolute atomic E-state index is 12.6. The van der Waals surface area contributed by atoms with Gasteiger partial charge in [0.2, 0.25) is 0 Å². The zero-order chi connectivity index (χ0) is 21.8. The van der Waals surface area contributed by atoms with Gasteiger partial charge in [0, 0.05) is 15.7 Å². The Balaban J connectivity index is 2.05. The summed E-state index contributed by atoms with van der Waals surface area (Å²) in [5.74, 6) is 0.228. The summed E-state index contributed by atoms with van der Waals surface area (Å²) in [6, 6.07) is 15.1. The molecule has 0 aliphatic rings. The lowest BCUT2D eigenvalue weighted by Crippen LogP contribution is -2.13. The van der Waals surface area contributed by atoms with E-state index in [1.165, 1.54) is 25.7 Å². The molecule has 5 heteroatoms. The molecule has 2 aromatic rings. The van der Waals surface area contributed by atoms with Crippen molar-refractivity contribution < 1.29 is 9.53 Å². The van der Waals surface area contributed by atoms with Gasteiger partial charge < -0.3 is 10.1 Å². The van der Waals surface area contributed by atoms with Crippen molar-refractivity contribution in [1.29, 1.82) is 5.26 Å². The van der Waals surface area contributed by atoms with Crippen molar-refractivity contribution in [2.45, 2.75) is 52.4 Å². The standard InChI is InChI=1S/C25H29BrN2O2/c1-3-4-5-6-7-8-15-30-24-14-11-22(26)17-20(24)16-21(18-27)25(29)28-23-12-9-19(2)10-13-23/h9-14,16-17H,3-8,15H2,1-2H3,(H,28,29)/b21-16-. The number of hydrogen-bond donors (Lipinski definition) is 1. The third-order valence-electron chi connectivity index (χ3n) is 4.70. The lowest BCUT2D eigenvalue weighted by Gasteiger charge is -2.11. The monoisotopic (exact) mass is 468 g/mol. The van der Waals surface area contributed by atoms with Crippen molar-refractivity contribution in [3.8, 4) is 11.8 Å². The van der Waals surface area contributed by atoms with E-state index in [-0.39, 0.29) is 5.57 Å². The summed E-state index contributed by atoms with van der Waals surface area (Å²) >= 11 is 3.45. The lowest BCUT2D eigenvalue weighted by molar-refractivity contribution is -0.112. The Morgan fingerprint density at radius 2 is 1.80 bits per heavy atom. The Hall–Kier alpha value is -2.58. The number of carbonyl (C=O) groups excluding carboxylic acids is 1. The van der Waals surface area contributed by atoms with E-state index >= 15 is 0 Å². The Labute approximate surface area is 188 Å². The molecule has 0 aromatic heterocycles. The fraction of sp³-hybridized carbons (Fsp3) is 0.360. The highest BCUT2D eigenvalue weighted by molar-refractivity contribution is 9.10. The number of aryl methyl sites for hydroxylation is 1. The van der Waals surface area contributed by atoms with E-state index in [1.54, 1.807) is 6.08 Å². The van der Waals surface area contributed by atoms with E-state index < -0.39 is 5.91 Å². The fourth-order valence-corrected chi connectivity index (χ4v) is 3.35. The van der Waals surface area contributed by atoms with Crippen molar-refractivity contribution in [2.24, 2.45) is 0 Å². The molecule has 2 rings (SSSR count). The van der Waals surface area contributed by atoms with Crippen LogP contribution in [0.4, 0.5) is 5.69 Å². The largest absolute Gasteiger partial charge is 0.493 e. The molecule has 2 aromatic carbocycles. The molecule has 0 saturated heterocycles. The molecule has 1 N–H and O–H groups in total. The van der Waals surface area contributed by atoms with Crippen molar-refractivity contribution in [1.82, 2.24) is 0 Å². The van der Waals surface area contributed by atoms with Crippen LogP contribution in [0.25, 0.3) is 6.08 Å². The SMILES string of the molecule is CCCCCCCCOc1ccc(Br)cc1/C=C(/C#N)C(=O)Nc1ccc(C)cc1. The van der Waals surface area contributed by atoms with Crippen LogP contribution in [0, 0.1) is 18.3 Å². The van der Waals surface area contributed by atoms with Gasteiger partial charge in [0.25, 0.3) is 5.91 Å². The van der Waals surface area contributed by atoms with Crippen LogP contribution in [0.15, 0.2) is 52.5 Å². The van der Waals surface area contributed by atoms with Crippen LogP contribution in [0.3, 0.4) is 0 Å². The van der Waals surface area contributed by atoms with E-state index in [2.05, 4.69) is 28.2 Å². The third-order valence-corrected chi connectivity index (χ3v) is 5.19. The van der Waals surface area contributed by atoms with Gasteiger partial charge in [-0.1, -0.05) is 72.7 Å². The van der Waals surface area contributed by atoms with Crippen molar-refractivity contribution in [2.75, 3.05) is 11.9 Å². The van der Waals surface area contributed by atoms with Crippen LogP contribution in [0.5, 0.6) is 5.75 Å². The lowest BCUT2D eigenvalue weighted by atomic mass is 10.1. The molecule has 0 unspecified atom stereocenters. The Kier molecular flexibility index (Phi) is 10.2. The van der Waals surface area contributed by atoms with Crippen molar-refractivity contribution >= 4 is 33.6 Å². The number of halogens is 1. The molecule has 0 atom stereocenters. The second kappa shape index (κ2) is 12.9. The summed E-state index contributed by atoms with van der Waals surface area (Å²) in [5.41, 5.74) is 2.48. The number of ether oxygens (including phenoxy) is 1. The average molecular weight is 469 g/mol. The molecule has 0 fully saturated rings. The van der Waals surface area contributed by atoms with Gasteiger partial charge in [0.1, 0.15) is 17.4 Å². The van der Waals surface area contributed by atoms with Crippen LogP contribution >= 0.6 is 15.9 Å². The number of amides is 1. The van der Waals surface area contributed by atoms with Gasteiger partial charge in [0.05, 0.1) is 6.61 Å². The minimum atomic E-state index is -0.441. The van der Waals surface area contributed by atoms with Gasteiger partial charge in [-0.2, -0.15) is 5.26 Å². The van der Waals surface area contributed by atoms with E-state index in [0.29, 0.717) is 23.6 Å². The molecule has 1 amide bonds. The number of nitriles is 1. The molecule has 158 valence electrons. The zero-order valence-corrected chi connectivity index (χ0v) is 19.3. The molecule has 0 heterocycles. The normalized spacial score (nSPS) is 11.1. The highest BCUT2D eigenvalue weighted by Crippen LogP contribution is 2.26. The van der Waals surface area contributed by atoms with Crippen LogP contribution < -0.4 is 10.1 Å². The number of hydrogen-bond acceptors (Lipinski definition) is 3. The van der Waals surface area contributed by atoms with Crippen LogP contribution in [-0.4, -0.2) is 12.5 Å². The van der Waals surface area contributed by atoms with Crippen LogP contribution in [0.2, 0.25) is 0 Å². The van der Waals surface area contributed by atoms with E-state index in [1.807, 2.05) is 55.5 Å². The van der Waals surface area contributed by atoms with E-state index in [4.69, 9.17) is 4.74 Å². The zero-order valence-electron chi connectivity index (χ0n) is 17.7. The molecule has 0 saturated carbocycles. The molecule has 0 bridgehead atoms. The smallest absolute Gasteiger partial charge is 0.266 e. The third kappa shape index (κ3) is 8.04. The van der Waals surface area contributed by atoms with Gasteiger partial charge in [-0.15, -0.1) is 0 Å². The summed E-state index contributed by atoms with van der Waals surface area (Å²) in [5, 5.41) is 12.3. The number of nitrogens with one attached hydrogen (secondary N) is 1. The average Bonchev–Trinajstić information content (AvgIpc) is 2.74. The van der Waals surface area contributed by atoms with Crippen LogP contribution in [-0.2, 0) is 4.79 Å². The summed E-state index contributed by atoms with van der Waals surface area (Å²) in [4.78, 5) is 12.6. The Bertz CT molecular complexity index is 898. The molecule has 4 nitrogen and oxygen atoms in total. The van der Waals surface area contributed by atoms with Gasteiger partial charge in [0.15, 0.2) is 0 Å². The minimum Gasteiger partial charge on any atom is -0.493 e. The highest BCUT2D eigenvalue weighted by atomic mass is 79.9. The predicted molar refractivity (Wildman–Crippen MR) is 126 cm³/mol. The minimum absolute atomic E-state index is 0.0260. The summed E-state index contributed by atoms with van der Waals surface area (Å²) in [7, 11) is 0. The van der Waals surface area contributed by atoms with Crippen LogP contribution in [0.1, 0.15) is 56.6 Å². The number of unbranched alkanes of at least 4 members (excludes halogenated alkanes) is 5. The quantitative estimate of drug-likeness (QED) is 0.218. The molecule has 0 aliphatic heterocycles. The first-order chi connectivity index (χ1) is 14.5.